The summed E-state index contributed by atoms with van der Waals surface area (Å²) in [7, 11) is 0. The van der Waals surface area contributed by atoms with Crippen LogP contribution in [0.3, 0.4) is 0 Å². The van der Waals surface area contributed by atoms with E-state index in [4.69, 9.17) is 0 Å². The number of rotatable bonds is 5. The molecular formula is C18H29N3O2. The van der Waals surface area contributed by atoms with Crippen molar-refractivity contribution in [2.45, 2.75) is 46.1 Å². The highest BCUT2D eigenvalue weighted by Crippen LogP contribution is 2.25. The van der Waals surface area contributed by atoms with Gasteiger partial charge in [-0.2, -0.15) is 0 Å². The summed E-state index contributed by atoms with van der Waals surface area (Å²) in [5.74, 6) is 0. The summed E-state index contributed by atoms with van der Waals surface area (Å²) in [5, 5.41) is 12.9. The number of anilines is 2. The third-order valence-corrected chi connectivity index (χ3v) is 4.17. The predicted octanol–water partition coefficient (Wildman–Crippen LogP) is 3.22. The standard InChI is InChI=1S/C18H29N3O2/c1-5-20(13-18(3,4)23)17(22)19-16-9-8-15(12-14(16)2)21-10-6-7-11-21/h8-9,12,23H,5-7,10-11,13H2,1-4H3,(H,19,22). The van der Waals surface area contributed by atoms with Crippen LogP contribution in [0.1, 0.15) is 39.2 Å². The van der Waals surface area contributed by atoms with Crippen molar-refractivity contribution < 1.29 is 9.90 Å². The van der Waals surface area contributed by atoms with E-state index in [0.717, 1.165) is 24.3 Å². The molecule has 0 aromatic heterocycles. The lowest BCUT2D eigenvalue weighted by molar-refractivity contribution is 0.0501. The van der Waals surface area contributed by atoms with Crippen LogP contribution in [-0.4, -0.2) is 47.8 Å². The van der Waals surface area contributed by atoms with Crippen LogP contribution in [0, 0.1) is 6.92 Å². The maximum atomic E-state index is 12.4. The van der Waals surface area contributed by atoms with Gasteiger partial charge >= 0.3 is 6.03 Å². The van der Waals surface area contributed by atoms with Crippen LogP contribution < -0.4 is 10.2 Å². The van der Waals surface area contributed by atoms with Gasteiger partial charge in [0.2, 0.25) is 0 Å². The largest absolute Gasteiger partial charge is 0.389 e. The van der Waals surface area contributed by atoms with Gasteiger partial charge in [0.1, 0.15) is 0 Å². The van der Waals surface area contributed by atoms with E-state index < -0.39 is 5.60 Å². The molecule has 0 aliphatic carbocycles. The third kappa shape index (κ3) is 4.86. The zero-order valence-electron chi connectivity index (χ0n) is 14.7. The SMILES string of the molecule is CCN(CC(C)(C)O)C(=O)Nc1ccc(N2CCCC2)cc1C. The summed E-state index contributed by atoms with van der Waals surface area (Å²) in [6.45, 7) is 10.4. The number of aryl methyl sites for hydroxylation is 1. The third-order valence-electron chi connectivity index (χ3n) is 4.17. The van der Waals surface area contributed by atoms with Crippen molar-refractivity contribution in [1.82, 2.24) is 4.90 Å². The fourth-order valence-electron chi connectivity index (χ4n) is 2.95. The molecule has 1 aliphatic rings. The molecule has 0 saturated carbocycles. The minimum Gasteiger partial charge on any atom is -0.389 e. The molecule has 0 bridgehead atoms. The van der Waals surface area contributed by atoms with Crippen LogP contribution >= 0.6 is 0 Å². The van der Waals surface area contributed by atoms with Crippen LogP contribution in [0.15, 0.2) is 18.2 Å². The van der Waals surface area contributed by atoms with Crippen LogP contribution in [0.2, 0.25) is 0 Å². The van der Waals surface area contributed by atoms with E-state index in [1.165, 1.54) is 18.5 Å². The zero-order chi connectivity index (χ0) is 17.0. The molecule has 0 unspecified atom stereocenters. The molecule has 0 spiro atoms. The van der Waals surface area contributed by atoms with Crippen LogP contribution in [0.4, 0.5) is 16.2 Å². The summed E-state index contributed by atoms with van der Waals surface area (Å²) in [4.78, 5) is 16.4. The summed E-state index contributed by atoms with van der Waals surface area (Å²) < 4.78 is 0. The van der Waals surface area contributed by atoms with Crippen molar-refractivity contribution in [2.75, 3.05) is 36.4 Å². The van der Waals surface area contributed by atoms with Crippen molar-refractivity contribution in [3.63, 3.8) is 0 Å². The fraction of sp³-hybridized carbons (Fsp3) is 0.611. The van der Waals surface area contributed by atoms with Gasteiger partial charge in [-0.1, -0.05) is 0 Å². The molecule has 5 nitrogen and oxygen atoms in total. The summed E-state index contributed by atoms with van der Waals surface area (Å²) in [6, 6.07) is 6.00. The molecule has 2 rings (SSSR count). The number of urea groups is 1. The zero-order valence-corrected chi connectivity index (χ0v) is 14.7. The number of benzene rings is 1. The molecule has 2 amide bonds. The molecule has 2 N–H and O–H groups in total. The molecule has 1 heterocycles. The lowest BCUT2D eigenvalue weighted by atomic mass is 10.1. The number of aliphatic hydroxyl groups is 1. The molecule has 128 valence electrons. The van der Waals surface area contributed by atoms with Crippen molar-refractivity contribution in [3.8, 4) is 0 Å². The Morgan fingerprint density at radius 3 is 2.52 bits per heavy atom. The second kappa shape index (κ2) is 7.21. The number of carbonyl (C=O) groups is 1. The molecule has 23 heavy (non-hydrogen) atoms. The van der Waals surface area contributed by atoms with Gasteiger partial charge < -0.3 is 20.2 Å². The van der Waals surface area contributed by atoms with Gasteiger partial charge in [0, 0.05) is 31.0 Å². The Morgan fingerprint density at radius 2 is 2.00 bits per heavy atom. The first kappa shape index (κ1) is 17.6. The molecule has 1 aromatic carbocycles. The number of hydrogen-bond donors (Lipinski definition) is 2. The number of carbonyl (C=O) groups excluding carboxylic acids is 1. The smallest absolute Gasteiger partial charge is 0.321 e. The Hall–Kier alpha value is -1.75. The lowest BCUT2D eigenvalue weighted by Crippen LogP contribution is -2.44. The first-order chi connectivity index (χ1) is 10.8. The topological polar surface area (TPSA) is 55.8 Å². The number of amides is 2. The van der Waals surface area contributed by atoms with Crippen LogP contribution in [0.25, 0.3) is 0 Å². The van der Waals surface area contributed by atoms with E-state index in [1.54, 1.807) is 18.7 Å². The van der Waals surface area contributed by atoms with Crippen LogP contribution in [0.5, 0.6) is 0 Å². The molecule has 1 saturated heterocycles. The maximum absolute atomic E-state index is 12.4. The highest BCUT2D eigenvalue weighted by atomic mass is 16.3. The number of likely N-dealkylation sites (N-methyl/N-ethyl adjacent to an activating group) is 1. The second-order valence-electron chi connectivity index (χ2n) is 6.95. The van der Waals surface area contributed by atoms with Crippen molar-refractivity contribution in [2.24, 2.45) is 0 Å². The van der Waals surface area contributed by atoms with E-state index in [0.29, 0.717) is 13.1 Å². The van der Waals surface area contributed by atoms with E-state index in [1.807, 2.05) is 19.9 Å². The fourth-order valence-corrected chi connectivity index (χ4v) is 2.95. The van der Waals surface area contributed by atoms with Gasteiger partial charge in [-0.05, 0) is 64.3 Å². The van der Waals surface area contributed by atoms with Gasteiger partial charge in [-0.3, -0.25) is 0 Å². The quantitative estimate of drug-likeness (QED) is 0.876. The normalized spacial score (nSPS) is 14.9. The number of hydrogen-bond acceptors (Lipinski definition) is 3. The average Bonchev–Trinajstić information content (AvgIpc) is 3.00. The molecule has 1 aromatic rings. The predicted molar refractivity (Wildman–Crippen MR) is 95.2 cm³/mol. The van der Waals surface area contributed by atoms with Crippen molar-refractivity contribution >= 4 is 17.4 Å². The van der Waals surface area contributed by atoms with Gasteiger partial charge in [0.05, 0.1) is 12.1 Å². The number of nitrogens with one attached hydrogen (secondary N) is 1. The first-order valence-electron chi connectivity index (χ1n) is 8.44. The summed E-state index contributed by atoms with van der Waals surface area (Å²) in [6.07, 6.45) is 2.50. The molecule has 1 fully saturated rings. The molecule has 5 heteroatoms. The molecular weight excluding hydrogens is 290 g/mol. The van der Waals surface area contributed by atoms with Crippen LogP contribution in [-0.2, 0) is 0 Å². The Kier molecular flexibility index (Phi) is 5.52. The van der Waals surface area contributed by atoms with Gasteiger partial charge in [-0.15, -0.1) is 0 Å². The minimum absolute atomic E-state index is 0.174. The highest BCUT2D eigenvalue weighted by Gasteiger charge is 2.22. The van der Waals surface area contributed by atoms with Crippen molar-refractivity contribution in [3.05, 3.63) is 23.8 Å². The average molecular weight is 319 g/mol. The monoisotopic (exact) mass is 319 g/mol. The number of nitrogens with zero attached hydrogens (tertiary/aromatic N) is 2. The summed E-state index contributed by atoms with van der Waals surface area (Å²) >= 11 is 0. The Balaban J connectivity index is 2.05. The van der Waals surface area contributed by atoms with E-state index in [2.05, 4.69) is 22.3 Å². The van der Waals surface area contributed by atoms with Gasteiger partial charge in [0.15, 0.2) is 0 Å². The molecule has 0 radical (unpaired) electrons. The summed E-state index contributed by atoms with van der Waals surface area (Å²) in [5.41, 5.74) is 2.21. The van der Waals surface area contributed by atoms with Crippen molar-refractivity contribution in [1.29, 1.82) is 0 Å². The van der Waals surface area contributed by atoms with E-state index >= 15 is 0 Å². The van der Waals surface area contributed by atoms with E-state index in [-0.39, 0.29) is 6.03 Å². The van der Waals surface area contributed by atoms with Gasteiger partial charge in [0.25, 0.3) is 0 Å². The maximum Gasteiger partial charge on any atom is 0.321 e. The first-order valence-corrected chi connectivity index (χ1v) is 8.44. The van der Waals surface area contributed by atoms with E-state index in [9.17, 15) is 9.90 Å². The molecule has 0 atom stereocenters. The Labute approximate surface area is 139 Å². The minimum atomic E-state index is -0.901. The Morgan fingerprint density at radius 1 is 1.35 bits per heavy atom. The Bertz CT molecular complexity index is 546. The lowest BCUT2D eigenvalue weighted by Gasteiger charge is -2.28. The molecule has 1 aliphatic heterocycles. The highest BCUT2D eigenvalue weighted by molar-refractivity contribution is 5.90. The van der Waals surface area contributed by atoms with Gasteiger partial charge in [-0.25, -0.2) is 4.79 Å². The second-order valence-corrected chi connectivity index (χ2v) is 6.95.